The second-order valence-electron chi connectivity index (χ2n) is 6.88. The zero-order chi connectivity index (χ0) is 21.1. The number of nitrogens with zero attached hydrogens (tertiary/aromatic N) is 2. The number of fused-ring (bicyclic) bond motifs is 1. The molecule has 0 atom stereocenters. The lowest BCUT2D eigenvalue weighted by molar-refractivity contribution is 0.102. The molecule has 0 aliphatic heterocycles. The fourth-order valence-electron chi connectivity index (χ4n) is 3.34. The molecule has 1 N–H and O–H groups in total. The average molecular weight is 403 g/mol. The number of carbonyl (C=O) groups is 1. The maximum atomic E-state index is 13.0. The number of amides is 1. The Morgan fingerprint density at radius 3 is 2.37 bits per heavy atom. The first-order valence-electron chi connectivity index (χ1n) is 9.90. The van der Waals surface area contributed by atoms with Crippen LogP contribution in [0.2, 0.25) is 0 Å². The van der Waals surface area contributed by atoms with Crippen LogP contribution in [0.25, 0.3) is 22.6 Å². The number of nitrogens with one attached hydrogen (secondary N) is 1. The smallest absolute Gasteiger partial charge is 0.255 e. The second kappa shape index (κ2) is 8.37. The number of aromatic nitrogens is 1. The van der Waals surface area contributed by atoms with Crippen molar-refractivity contribution in [3.05, 3.63) is 78.1 Å². The molecule has 4 aromatic rings. The van der Waals surface area contributed by atoms with Crippen LogP contribution in [0.4, 0.5) is 15.8 Å². The zero-order valence-electron chi connectivity index (χ0n) is 16.9. The summed E-state index contributed by atoms with van der Waals surface area (Å²) < 4.78 is 18.9. The highest BCUT2D eigenvalue weighted by Gasteiger charge is 2.12. The zero-order valence-corrected chi connectivity index (χ0v) is 16.9. The molecule has 5 nitrogen and oxygen atoms in total. The molecular formula is C24H22FN3O2. The van der Waals surface area contributed by atoms with Crippen LogP contribution in [0.5, 0.6) is 0 Å². The Balaban J connectivity index is 1.55. The summed E-state index contributed by atoms with van der Waals surface area (Å²) in [5, 5.41) is 2.80. The summed E-state index contributed by atoms with van der Waals surface area (Å²) >= 11 is 0. The normalized spacial score (nSPS) is 10.9. The second-order valence-corrected chi connectivity index (χ2v) is 6.88. The highest BCUT2D eigenvalue weighted by atomic mass is 19.1. The van der Waals surface area contributed by atoms with E-state index in [1.807, 2.05) is 12.1 Å². The quantitative estimate of drug-likeness (QED) is 0.446. The first-order valence-corrected chi connectivity index (χ1v) is 9.90. The molecule has 0 aliphatic carbocycles. The number of rotatable bonds is 6. The van der Waals surface area contributed by atoms with Gasteiger partial charge in [0.2, 0.25) is 5.89 Å². The van der Waals surface area contributed by atoms with Crippen molar-refractivity contribution in [3.63, 3.8) is 0 Å². The van der Waals surface area contributed by atoms with Crippen molar-refractivity contribution in [2.45, 2.75) is 13.8 Å². The molecule has 152 valence electrons. The van der Waals surface area contributed by atoms with E-state index in [1.54, 1.807) is 18.2 Å². The summed E-state index contributed by atoms with van der Waals surface area (Å²) in [5.41, 5.74) is 4.30. The Hall–Kier alpha value is -3.67. The van der Waals surface area contributed by atoms with Crippen LogP contribution in [-0.2, 0) is 0 Å². The van der Waals surface area contributed by atoms with Crippen LogP contribution in [0.3, 0.4) is 0 Å². The van der Waals surface area contributed by atoms with Gasteiger partial charge in [0.1, 0.15) is 11.3 Å². The van der Waals surface area contributed by atoms with Crippen LogP contribution in [-0.4, -0.2) is 24.0 Å². The Labute approximate surface area is 174 Å². The summed E-state index contributed by atoms with van der Waals surface area (Å²) in [7, 11) is 0. The average Bonchev–Trinajstić information content (AvgIpc) is 3.19. The highest BCUT2D eigenvalue weighted by molar-refractivity contribution is 6.04. The van der Waals surface area contributed by atoms with E-state index in [1.165, 1.54) is 24.3 Å². The minimum Gasteiger partial charge on any atom is -0.436 e. The van der Waals surface area contributed by atoms with Gasteiger partial charge in [-0.1, -0.05) is 0 Å². The maximum absolute atomic E-state index is 13.0. The van der Waals surface area contributed by atoms with Gasteiger partial charge >= 0.3 is 0 Å². The van der Waals surface area contributed by atoms with Gasteiger partial charge in [-0.2, -0.15) is 0 Å². The van der Waals surface area contributed by atoms with Crippen LogP contribution in [0.15, 0.2) is 71.1 Å². The Kier molecular flexibility index (Phi) is 5.48. The summed E-state index contributed by atoms with van der Waals surface area (Å²) in [6, 6.07) is 18.8. The van der Waals surface area contributed by atoms with E-state index in [9.17, 15) is 9.18 Å². The van der Waals surface area contributed by atoms with Crippen molar-refractivity contribution in [2.24, 2.45) is 0 Å². The van der Waals surface area contributed by atoms with Crippen molar-refractivity contribution in [1.29, 1.82) is 0 Å². The molecule has 0 aliphatic rings. The number of anilines is 2. The number of benzene rings is 3. The summed E-state index contributed by atoms with van der Waals surface area (Å²) in [6.45, 7) is 6.16. The van der Waals surface area contributed by atoms with E-state index in [2.05, 4.69) is 41.2 Å². The first kappa shape index (κ1) is 19.6. The molecule has 4 rings (SSSR count). The Bertz CT molecular complexity index is 1160. The lowest BCUT2D eigenvalue weighted by Crippen LogP contribution is -2.21. The molecule has 0 spiro atoms. The van der Waals surface area contributed by atoms with E-state index in [0.717, 1.165) is 24.3 Å². The van der Waals surface area contributed by atoms with E-state index in [0.29, 0.717) is 28.2 Å². The van der Waals surface area contributed by atoms with E-state index in [-0.39, 0.29) is 11.7 Å². The number of hydrogen-bond donors (Lipinski definition) is 1. The molecule has 0 bridgehead atoms. The molecule has 1 heterocycles. The van der Waals surface area contributed by atoms with Crippen molar-refractivity contribution in [3.8, 4) is 11.5 Å². The molecule has 0 saturated heterocycles. The van der Waals surface area contributed by atoms with Gasteiger partial charge in [-0.05, 0) is 80.6 Å². The molecule has 0 radical (unpaired) electrons. The van der Waals surface area contributed by atoms with Gasteiger partial charge in [0.25, 0.3) is 5.91 Å². The molecule has 3 aromatic carbocycles. The van der Waals surface area contributed by atoms with Gasteiger partial charge in [-0.25, -0.2) is 9.37 Å². The standard InChI is InChI=1S/C24H22FN3O2/c1-3-28(4-2)20-12-7-17(8-13-20)24-27-21-15-19(11-14-22(21)30-24)26-23(29)16-5-9-18(25)10-6-16/h5-15H,3-4H2,1-2H3,(H,26,29). The molecule has 1 aromatic heterocycles. The molecule has 0 fully saturated rings. The van der Waals surface area contributed by atoms with Crippen LogP contribution >= 0.6 is 0 Å². The molecule has 0 unspecified atom stereocenters. The third kappa shape index (κ3) is 4.03. The van der Waals surface area contributed by atoms with Crippen LogP contribution in [0.1, 0.15) is 24.2 Å². The Morgan fingerprint density at radius 1 is 1.00 bits per heavy atom. The predicted octanol–water partition coefficient (Wildman–Crippen LogP) is 5.73. The Morgan fingerprint density at radius 2 is 1.70 bits per heavy atom. The van der Waals surface area contributed by atoms with Crippen molar-refractivity contribution in [1.82, 2.24) is 4.98 Å². The predicted molar refractivity (Wildman–Crippen MR) is 117 cm³/mol. The molecule has 1 amide bonds. The number of halogens is 1. The topological polar surface area (TPSA) is 58.4 Å². The highest BCUT2D eigenvalue weighted by Crippen LogP contribution is 2.28. The summed E-state index contributed by atoms with van der Waals surface area (Å²) in [6.07, 6.45) is 0. The van der Waals surface area contributed by atoms with Gasteiger partial charge in [0, 0.05) is 35.6 Å². The summed E-state index contributed by atoms with van der Waals surface area (Å²) in [5.74, 6) is -0.170. The lowest BCUT2D eigenvalue weighted by atomic mass is 10.2. The fraction of sp³-hybridized carbons (Fsp3) is 0.167. The fourth-order valence-corrected chi connectivity index (χ4v) is 3.34. The van der Waals surface area contributed by atoms with Crippen LogP contribution < -0.4 is 10.2 Å². The van der Waals surface area contributed by atoms with Crippen LogP contribution in [0, 0.1) is 5.82 Å². The van der Waals surface area contributed by atoms with E-state index < -0.39 is 0 Å². The van der Waals surface area contributed by atoms with Crippen molar-refractivity contribution >= 4 is 28.4 Å². The minimum absolute atomic E-state index is 0.315. The maximum Gasteiger partial charge on any atom is 0.255 e. The van der Waals surface area contributed by atoms with Gasteiger partial charge in [-0.15, -0.1) is 0 Å². The number of carbonyl (C=O) groups excluding carboxylic acids is 1. The minimum atomic E-state index is -0.381. The monoisotopic (exact) mass is 403 g/mol. The van der Waals surface area contributed by atoms with Gasteiger partial charge in [0.15, 0.2) is 5.58 Å². The number of hydrogen-bond acceptors (Lipinski definition) is 4. The molecule has 0 saturated carbocycles. The van der Waals surface area contributed by atoms with Gasteiger partial charge < -0.3 is 14.6 Å². The van der Waals surface area contributed by atoms with Crippen molar-refractivity contribution in [2.75, 3.05) is 23.3 Å². The molecule has 6 heteroatoms. The van der Waals surface area contributed by atoms with Gasteiger partial charge in [0.05, 0.1) is 0 Å². The van der Waals surface area contributed by atoms with E-state index >= 15 is 0 Å². The van der Waals surface area contributed by atoms with Gasteiger partial charge in [-0.3, -0.25) is 4.79 Å². The lowest BCUT2D eigenvalue weighted by Gasteiger charge is -2.20. The van der Waals surface area contributed by atoms with Crippen molar-refractivity contribution < 1.29 is 13.6 Å². The number of oxazole rings is 1. The summed E-state index contributed by atoms with van der Waals surface area (Å²) in [4.78, 5) is 19.2. The third-order valence-electron chi connectivity index (χ3n) is 4.99. The SMILES string of the molecule is CCN(CC)c1ccc(-c2nc3cc(NC(=O)c4ccc(F)cc4)ccc3o2)cc1. The first-order chi connectivity index (χ1) is 14.6. The van der Waals surface area contributed by atoms with E-state index in [4.69, 9.17) is 4.42 Å². The largest absolute Gasteiger partial charge is 0.436 e. The molecule has 30 heavy (non-hydrogen) atoms. The molecular weight excluding hydrogens is 381 g/mol. The third-order valence-corrected chi connectivity index (χ3v) is 4.99.